The molecule has 2 unspecified atom stereocenters. The maximum absolute atomic E-state index is 10.7. The molecule has 1 aliphatic heterocycles. The predicted octanol–water partition coefficient (Wildman–Crippen LogP) is 1.71. The lowest BCUT2D eigenvalue weighted by atomic mass is 10.2. The summed E-state index contributed by atoms with van der Waals surface area (Å²) < 4.78 is 9.63. The highest BCUT2D eigenvalue weighted by molar-refractivity contribution is 7.09. The molecule has 1 aromatic rings. The van der Waals surface area contributed by atoms with Crippen LogP contribution in [0.25, 0.3) is 0 Å². The number of carboxylic acids is 1. The van der Waals surface area contributed by atoms with Gasteiger partial charge in [0.05, 0.1) is 6.10 Å². The molecule has 0 radical (unpaired) electrons. The summed E-state index contributed by atoms with van der Waals surface area (Å²) >= 11 is 1.32. The van der Waals surface area contributed by atoms with Gasteiger partial charge >= 0.3 is 5.97 Å². The zero-order valence-electron chi connectivity index (χ0n) is 10.4. The summed E-state index contributed by atoms with van der Waals surface area (Å²) in [4.78, 5) is 15.1. The largest absolute Gasteiger partial charge is 0.479 e. The number of carbonyl (C=O) groups is 1. The fourth-order valence-electron chi connectivity index (χ4n) is 1.78. The minimum absolute atomic E-state index is 0.0579. The van der Waals surface area contributed by atoms with E-state index in [0.717, 1.165) is 17.4 Å². The predicted molar refractivity (Wildman–Crippen MR) is 68.0 cm³/mol. The second kappa shape index (κ2) is 5.62. The van der Waals surface area contributed by atoms with Crippen LogP contribution in [0, 0.1) is 0 Å². The number of nitrogens with one attached hydrogen (secondary N) is 1. The average Bonchev–Trinajstić information content (AvgIpc) is 2.95. The van der Waals surface area contributed by atoms with Crippen LogP contribution in [0.3, 0.4) is 0 Å². The first-order valence-corrected chi connectivity index (χ1v) is 6.79. The van der Waals surface area contributed by atoms with Crippen molar-refractivity contribution >= 4 is 22.6 Å². The van der Waals surface area contributed by atoms with Crippen molar-refractivity contribution in [2.75, 3.05) is 11.9 Å². The number of rotatable bonds is 5. The van der Waals surface area contributed by atoms with E-state index >= 15 is 0 Å². The third kappa shape index (κ3) is 3.17. The fraction of sp³-hybridized carbons (Fsp3) is 0.727. The van der Waals surface area contributed by atoms with Crippen molar-refractivity contribution in [3.05, 3.63) is 5.82 Å². The summed E-state index contributed by atoms with van der Waals surface area (Å²) in [5.41, 5.74) is 0. The maximum atomic E-state index is 10.7. The molecule has 2 atom stereocenters. The van der Waals surface area contributed by atoms with E-state index in [-0.39, 0.29) is 6.10 Å². The molecule has 0 aromatic carbocycles. The van der Waals surface area contributed by atoms with Crippen molar-refractivity contribution in [3.63, 3.8) is 0 Å². The second-order valence-electron chi connectivity index (χ2n) is 4.66. The van der Waals surface area contributed by atoms with Crippen molar-refractivity contribution in [3.8, 4) is 0 Å². The van der Waals surface area contributed by atoms with Crippen LogP contribution in [0.4, 0.5) is 5.13 Å². The zero-order valence-corrected chi connectivity index (χ0v) is 11.2. The third-order valence-electron chi connectivity index (χ3n) is 2.82. The maximum Gasteiger partial charge on any atom is 0.332 e. The topological polar surface area (TPSA) is 84.3 Å². The Hall–Kier alpha value is -1.21. The summed E-state index contributed by atoms with van der Waals surface area (Å²) in [6.45, 7) is 4.67. The lowest BCUT2D eigenvalue weighted by Gasteiger charge is -2.11. The molecule has 0 spiro atoms. The molecule has 6 nitrogen and oxygen atoms in total. The van der Waals surface area contributed by atoms with Crippen molar-refractivity contribution in [2.45, 2.75) is 44.8 Å². The van der Waals surface area contributed by atoms with Crippen LogP contribution >= 0.6 is 11.5 Å². The van der Waals surface area contributed by atoms with Crippen molar-refractivity contribution in [1.29, 1.82) is 0 Å². The molecule has 1 aromatic heterocycles. The molecule has 2 heterocycles. The van der Waals surface area contributed by atoms with Crippen LogP contribution in [-0.4, -0.2) is 39.2 Å². The monoisotopic (exact) mass is 271 g/mol. The van der Waals surface area contributed by atoms with E-state index in [9.17, 15) is 4.79 Å². The van der Waals surface area contributed by atoms with Crippen LogP contribution < -0.4 is 5.32 Å². The number of hydrogen-bond donors (Lipinski definition) is 2. The molecule has 0 bridgehead atoms. The van der Waals surface area contributed by atoms with E-state index in [4.69, 9.17) is 9.84 Å². The van der Waals surface area contributed by atoms with Gasteiger partial charge in [-0.25, -0.2) is 9.78 Å². The highest BCUT2D eigenvalue weighted by atomic mass is 32.1. The minimum Gasteiger partial charge on any atom is -0.479 e. The highest BCUT2D eigenvalue weighted by Crippen LogP contribution is 2.22. The molecular weight excluding hydrogens is 254 g/mol. The lowest BCUT2D eigenvalue weighted by molar-refractivity contribution is -0.149. The quantitative estimate of drug-likeness (QED) is 0.848. The molecular formula is C11H17N3O3S. The Morgan fingerprint density at radius 1 is 1.61 bits per heavy atom. The molecule has 2 N–H and O–H groups in total. The molecule has 1 aliphatic rings. The van der Waals surface area contributed by atoms with E-state index in [1.54, 1.807) is 0 Å². The van der Waals surface area contributed by atoms with Crippen LogP contribution in [0.15, 0.2) is 0 Å². The normalized spacial score (nSPS) is 23.5. The molecule has 0 saturated carbocycles. The van der Waals surface area contributed by atoms with Gasteiger partial charge in [0, 0.05) is 24.0 Å². The van der Waals surface area contributed by atoms with Gasteiger partial charge in [-0.2, -0.15) is 4.37 Å². The minimum atomic E-state index is -0.879. The SMILES string of the molecule is CC(C)c1nsc(NCC2CCC(C(=O)O)O2)n1. The first kappa shape index (κ1) is 13.2. The Labute approximate surface area is 110 Å². The molecule has 0 amide bonds. The fourth-order valence-corrected chi connectivity index (χ4v) is 2.49. The summed E-state index contributed by atoms with van der Waals surface area (Å²) in [7, 11) is 0. The van der Waals surface area contributed by atoms with Gasteiger partial charge in [-0.3, -0.25) is 0 Å². The van der Waals surface area contributed by atoms with Crippen molar-refractivity contribution in [2.24, 2.45) is 0 Å². The smallest absolute Gasteiger partial charge is 0.332 e. The van der Waals surface area contributed by atoms with Crippen LogP contribution in [0.1, 0.15) is 38.4 Å². The zero-order chi connectivity index (χ0) is 13.1. The molecule has 1 saturated heterocycles. The van der Waals surface area contributed by atoms with Crippen molar-refractivity contribution in [1.82, 2.24) is 9.36 Å². The van der Waals surface area contributed by atoms with Gasteiger partial charge in [-0.1, -0.05) is 13.8 Å². The Morgan fingerprint density at radius 2 is 2.39 bits per heavy atom. The Bertz CT molecular complexity index is 421. The number of aliphatic carboxylic acids is 1. The molecule has 0 aliphatic carbocycles. The molecule has 7 heteroatoms. The number of anilines is 1. The Balaban J connectivity index is 1.80. The van der Waals surface area contributed by atoms with E-state index < -0.39 is 12.1 Å². The van der Waals surface area contributed by atoms with Crippen LogP contribution in [-0.2, 0) is 9.53 Å². The number of ether oxygens (including phenoxy) is 1. The van der Waals surface area contributed by atoms with Gasteiger partial charge in [0.15, 0.2) is 6.10 Å². The van der Waals surface area contributed by atoms with E-state index in [0.29, 0.717) is 18.9 Å². The van der Waals surface area contributed by atoms with E-state index in [2.05, 4.69) is 14.7 Å². The second-order valence-corrected chi connectivity index (χ2v) is 5.41. The van der Waals surface area contributed by atoms with Gasteiger partial charge < -0.3 is 15.2 Å². The van der Waals surface area contributed by atoms with Crippen LogP contribution in [0.5, 0.6) is 0 Å². The summed E-state index contributed by atoms with van der Waals surface area (Å²) in [5, 5.41) is 12.7. The van der Waals surface area contributed by atoms with Gasteiger partial charge in [0.2, 0.25) is 5.13 Å². The van der Waals surface area contributed by atoms with E-state index in [1.807, 2.05) is 13.8 Å². The number of hydrogen-bond acceptors (Lipinski definition) is 6. The molecule has 1 fully saturated rings. The Kier molecular flexibility index (Phi) is 4.13. The summed E-state index contributed by atoms with van der Waals surface area (Å²) in [6, 6.07) is 0. The number of nitrogens with zero attached hydrogens (tertiary/aromatic N) is 2. The number of aromatic nitrogens is 2. The summed E-state index contributed by atoms with van der Waals surface area (Å²) in [6.07, 6.45) is 0.629. The molecule has 18 heavy (non-hydrogen) atoms. The third-order valence-corrected chi connectivity index (χ3v) is 3.51. The van der Waals surface area contributed by atoms with Gasteiger partial charge in [0.25, 0.3) is 0 Å². The molecule has 100 valence electrons. The first-order valence-electron chi connectivity index (χ1n) is 6.02. The average molecular weight is 271 g/mol. The van der Waals surface area contributed by atoms with Crippen LogP contribution in [0.2, 0.25) is 0 Å². The standard InChI is InChI=1S/C11H17N3O3S/c1-6(2)9-13-11(18-14-9)12-5-7-3-4-8(17-7)10(15)16/h6-8H,3-5H2,1-2H3,(H,15,16)(H,12,13,14). The van der Waals surface area contributed by atoms with Gasteiger partial charge in [-0.15, -0.1) is 0 Å². The first-order chi connectivity index (χ1) is 8.56. The van der Waals surface area contributed by atoms with Crippen molar-refractivity contribution < 1.29 is 14.6 Å². The highest BCUT2D eigenvalue weighted by Gasteiger charge is 2.30. The van der Waals surface area contributed by atoms with E-state index in [1.165, 1.54) is 11.5 Å². The lowest BCUT2D eigenvalue weighted by Crippen LogP contribution is -2.24. The van der Waals surface area contributed by atoms with Gasteiger partial charge in [0.1, 0.15) is 5.82 Å². The number of carboxylic acid groups (broad SMARTS) is 1. The van der Waals surface area contributed by atoms with Gasteiger partial charge in [-0.05, 0) is 12.8 Å². The molecule has 2 rings (SSSR count). The summed E-state index contributed by atoms with van der Waals surface area (Å²) in [5.74, 6) is 0.268. The Morgan fingerprint density at radius 3 is 2.94 bits per heavy atom.